The molecular weight excluding hydrogens is 286 g/mol. The Hall–Kier alpha value is -2.49. The van der Waals surface area contributed by atoms with Gasteiger partial charge < -0.3 is 16.0 Å². The van der Waals surface area contributed by atoms with Crippen molar-refractivity contribution in [2.45, 2.75) is 27.7 Å². The van der Waals surface area contributed by atoms with Gasteiger partial charge in [-0.15, -0.1) is 0 Å². The number of nitrogens with two attached hydrogens (primary N) is 1. The first-order valence-electron chi connectivity index (χ1n) is 8.00. The van der Waals surface area contributed by atoms with Crippen LogP contribution in [0.3, 0.4) is 0 Å². The molecular formula is C19H25N3O. The third-order valence-electron chi connectivity index (χ3n) is 4.21. The van der Waals surface area contributed by atoms with Crippen LogP contribution in [0.25, 0.3) is 0 Å². The Bertz CT molecular complexity index is 706. The van der Waals surface area contributed by atoms with Crippen LogP contribution in [-0.4, -0.2) is 19.0 Å². The van der Waals surface area contributed by atoms with Crippen LogP contribution in [-0.2, 0) is 0 Å². The van der Waals surface area contributed by atoms with Crippen molar-refractivity contribution in [1.29, 1.82) is 0 Å². The van der Waals surface area contributed by atoms with Crippen molar-refractivity contribution in [3.8, 4) is 0 Å². The van der Waals surface area contributed by atoms with Gasteiger partial charge in [0.25, 0.3) is 5.91 Å². The summed E-state index contributed by atoms with van der Waals surface area (Å²) in [6.45, 7) is 10.1. The molecule has 0 heterocycles. The average molecular weight is 311 g/mol. The Morgan fingerprint density at radius 3 is 2.43 bits per heavy atom. The van der Waals surface area contributed by atoms with Crippen LogP contribution < -0.4 is 16.0 Å². The van der Waals surface area contributed by atoms with Gasteiger partial charge in [0.05, 0.1) is 0 Å². The van der Waals surface area contributed by atoms with Gasteiger partial charge in [-0.3, -0.25) is 4.79 Å². The van der Waals surface area contributed by atoms with E-state index in [1.807, 2.05) is 26.0 Å². The van der Waals surface area contributed by atoms with Crippen molar-refractivity contribution in [2.24, 2.45) is 0 Å². The molecule has 122 valence electrons. The van der Waals surface area contributed by atoms with Crippen molar-refractivity contribution in [3.63, 3.8) is 0 Å². The molecule has 1 amide bonds. The number of nitrogens with one attached hydrogen (secondary N) is 1. The highest BCUT2D eigenvalue weighted by atomic mass is 16.1. The lowest BCUT2D eigenvalue weighted by atomic mass is 10.1. The van der Waals surface area contributed by atoms with Gasteiger partial charge in [0.1, 0.15) is 0 Å². The van der Waals surface area contributed by atoms with E-state index in [0.717, 1.165) is 29.9 Å². The molecule has 2 rings (SSSR count). The maximum absolute atomic E-state index is 12.5. The molecule has 0 aromatic heterocycles. The molecule has 0 radical (unpaired) electrons. The van der Waals surface area contributed by atoms with Gasteiger partial charge >= 0.3 is 0 Å². The highest BCUT2D eigenvalue weighted by Crippen LogP contribution is 2.24. The largest absolute Gasteiger partial charge is 0.398 e. The first kappa shape index (κ1) is 16.9. The summed E-state index contributed by atoms with van der Waals surface area (Å²) in [5.41, 5.74) is 11.0. The Kier molecular flexibility index (Phi) is 5.27. The molecule has 0 bridgehead atoms. The molecule has 0 fully saturated rings. The molecule has 2 aromatic carbocycles. The number of benzene rings is 2. The summed E-state index contributed by atoms with van der Waals surface area (Å²) in [6.07, 6.45) is 0. The number of nitrogens with zero attached hydrogens (tertiary/aromatic N) is 1. The van der Waals surface area contributed by atoms with Crippen molar-refractivity contribution >= 4 is 23.0 Å². The van der Waals surface area contributed by atoms with Crippen LogP contribution >= 0.6 is 0 Å². The zero-order valence-corrected chi connectivity index (χ0v) is 14.3. The fourth-order valence-electron chi connectivity index (χ4n) is 2.66. The second kappa shape index (κ2) is 7.18. The quantitative estimate of drug-likeness (QED) is 0.821. The molecule has 3 N–H and O–H groups in total. The Labute approximate surface area is 138 Å². The molecule has 0 unspecified atom stereocenters. The van der Waals surface area contributed by atoms with Crippen molar-refractivity contribution in [2.75, 3.05) is 29.0 Å². The maximum Gasteiger partial charge on any atom is 0.256 e. The second-order valence-electron chi connectivity index (χ2n) is 5.65. The highest BCUT2D eigenvalue weighted by Gasteiger charge is 2.12. The molecule has 2 aromatic rings. The number of carbonyl (C=O) groups is 1. The van der Waals surface area contributed by atoms with E-state index in [0.29, 0.717) is 11.3 Å². The molecule has 4 heteroatoms. The first-order chi connectivity index (χ1) is 11.0. The Balaban J connectivity index is 2.23. The SMILES string of the molecule is CCN(CC)c1ccc(NC(=O)c2cccc(N)c2C)c(C)c1. The van der Waals surface area contributed by atoms with Gasteiger partial charge in [-0.2, -0.15) is 0 Å². The zero-order valence-electron chi connectivity index (χ0n) is 14.3. The zero-order chi connectivity index (χ0) is 17.0. The number of nitrogen functional groups attached to an aromatic ring is 1. The molecule has 0 aliphatic heterocycles. The number of amides is 1. The van der Waals surface area contributed by atoms with E-state index in [2.05, 4.69) is 30.1 Å². The van der Waals surface area contributed by atoms with E-state index in [4.69, 9.17) is 5.73 Å². The summed E-state index contributed by atoms with van der Waals surface area (Å²) < 4.78 is 0. The predicted octanol–water partition coefficient (Wildman–Crippen LogP) is 3.98. The third kappa shape index (κ3) is 3.65. The summed E-state index contributed by atoms with van der Waals surface area (Å²) in [4.78, 5) is 14.8. The molecule has 0 aliphatic rings. The van der Waals surface area contributed by atoms with Crippen molar-refractivity contribution < 1.29 is 4.79 Å². The molecule has 0 atom stereocenters. The smallest absolute Gasteiger partial charge is 0.256 e. The van der Waals surface area contributed by atoms with Gasteiger partial charge in [0, 0.05) is 35.7 Å². The summed E-state index contributed by atoms with van der Waals surface area (Å²) in [5, 5.41) is 2.98. The monoisotopic (exact) mass is 311 g/mol. The minimum Gasteiger partial charge on any atom is -0.398 e. The van der Waals surface area contributed by atoms with Crippen molar-refractivity contribution in [1.82, 2.24) is 0 Å². The van der Waals surface area contributed by atoms with E-state index < -0.39 is 0 Å². The topological polar surface area (TPSA) is 58.4 Å². The minimum atomic E-state index is -0.131. The van der Waals surface area contributed by atoms with E-state index >= 15 is 0 Å². The molecule has 0 spiro atoms. The average Bonchev–Trinajstić information content (AvgIpc) is 2.53. The Morgan fingerprint density at radius 1 is 1.13 bits per heavy atom. The van der Waals surface area contributed by atoms with Gasteiger partial charge in [0.2, 0.25) is 0 Å². The van der Waals surface area contributed by atoms with Gasteiger partial charge in [-0.25, -0.2) is 0 Å². The summed E-state index contributed by atoms with van der Waals surface area (Å²) >= 11 is 0. The van der Waals surface area contributed by atoms with E-state index in [1.54, 1.807) is 18.2 Å². The number of hydrogen-bond donors (Lipinski definition) is 2. The highest BCUT2D eigenvalue weighted by molar-refractivity contribution is 6.06. The molecule has 4 nitrogen and oxygen atoms in total. The van der Waals surface area contributed by atoms with Gasteiger partial charge in [-0.1, -0.05) is 6.07 Å². The van der Waals surface area contributed by atoms with Crippen LogP contribution in [0.2, 0.25) is 0 Å². The van der Waals surface area contributed by atoms with Crippen LogP contribution in [0.4, 0.5) is 17.1 Å². The second-order valence-corrected chi connectivity index (χ2v) is 5.65. The number of rotatable bonds is 5. The van der Waals surface area contributed by atoms with Crippen LogP contribution in [0.15, 0.2) is 36.4 Å². The summed E-state index contributed by atoms with van der Waals surface area (Å²) in [5.74, 6) is -0.131. The van der Waals surface area contributed by atoms with E-state index in [9.17, 15) is 4.79 Å². The van der Waals surface area contributed by atoms with Gasteiger partial charge in [-0.05, 0) is 69.2 Å². The standard InChI is InChI=1S/C19H25N3O/c1-5-22(6-2)15-10-11-18(13(3)12-15)21-19(23)16-8-7-9-17(20)14(16)4/h7-12H,5-6,20H2,1-4H3,(H,21,23). The molecule has 23 heavy (non-hydrogen) atoms. The number of aryl methyl sites for hydroxylation is 1. The predicted molar refractivity (Wildman–Crippen MR) is 98.3 cm³/mol. The lowest BCUT2D eigenvalue weighted by molar-refractivity contribution is 0.102. The fraction of sp³-hybridized carbons (Fsp3) is 0.316. The number of hydrogen-bond acceptors (Lipinski definition) is 3. The van der Waals surface area contributed by atoms with Gasteiger partial charge in [0.15, 0.2) is 0 Å². The number of carbonyl (C=O) groups excluding carboxylic acids is 1. The summed E-state index contributed by atoms with van der Waals surface area (Å²) in [7, 11) is 0. The van der Waals surface area contributed by atoms with E-state index in [1.165, 1.54) is 5.69 Å². The lowest BCUT2D eigenvalue weighted by Gasteiger charge is -2.22. The number of anilines is 3. The van der Waals surface area contributed by atoms with Crippen molar-refractivity contribution in [3.05, 3.63) is 53.1 Å². The Morgan fingerprint density at radius 2 is 1.83 bits per heavy atom. The first-order valence-corrected chi connectivity index (χ1v) is 8.00. The molecule has 0 saturated carbocycles. The fourth-order valence-corrected chi connectivity index (χ4v) is 2.66. The minimum absolute atomic E-state index is 0.131. The third-order valence-corrected chi connectivity index (χ3v) is 4.21. The normalized spacial score (nSPS) is 10.4. The van der Waals surface area contributed by atoms with Crippen LogP contribution in [0.5, 0.6) is 0 Å². The lowest BCUT2D eigenvalue weighted by Crippen LogP contribution is -2.22. The van der Waals surface area contributed by atoms with E-state index in [-0.39, 0.29) is 5.91 Å². The molecule has 0 saturated heterocycles. The summed E-state index contributed by atoms with van der Waals surface area (Å²) in [6, 6.07) is 11.5. The maximum atomic E-state index is 12.5. The van der Waals surface area contributed by atoms with Crippen LogP contribution in [0.1, 0.15) is 35.3 Å². The van der Waals surface area contributed by atoms with Crippen LogP contribution in [0, 0.1) is 13.8 Å². The molecule has 0 aliphatic carbocycles.